The number of benzene rings is 4. The van der Waals surface area contributed by atoms with Crippen molar-refractivity contribution in [3.05, 3.63) is 59.1 Å². The van der Waals surface area contributed by atoms with Crippen molar-refractivity contribution < 1.29 is 30.6 Å². The lowest BCUT2D eigenvalue weighted by Crippen LogP contribution is -2.07. The Morgan fingerprint density at radius 1 is 0.606 bits per heavy atom. The highest BCUT2D eigenvalue weighted by atomic mass is 79.9. The van der Waals surface area contributed by atoms with Crippen molar-refractivity contribution in [3.63, 3.8) is 0 Å². The second kappa shape index (κ2) is 7.28. The fourth-order valence-electron chi connectivity index (χ4n) is 4.21. The van der Waals surface area contributed by atoms with Gasteiger partial charge in [-0.2, -0.15) is 0 Å². The quantitative estimate of drug-likeness (QED) is 0.123. The molecule has 7 nitrogen and oxygen atoms in total. The largest absolute Gasteiger partial charge is 0.505 e. The van der Waals surface area contributed by atoms with Gasteiger partial charge in [-0.1, -0.05) is 42.5 Å². The zero-order valence-corrected chi connectivity index (χ0v) is 18.8. The first kappa shape index (κ1) is 20.9. The Bertz CT molecular complexity index is 1520. The molecule has 0 radical (unpaired) electrons. The van der Waals surface area contributed by atoms with Crippen molar-refractivity contribution in [2.45, 2.75) is 0 Å². The maximum Gasteiger partial charge on any atom is 0.206 e. The van der Waals surface area contributed by atoms with Crippen LogP contribution in [-0.4, -0.2) is 43.1 Å². The number of rotatable bonds is 2. The molecule has 0 atom stereocenters. The monoisotopic (exact) mass is 505 g/mol. The Hall–Kier alpha value is -3.98. The molecule has 0 amide bonds. The number of hydrogen-bond acceptors (Lipinski definition) is 6. The fourth-order valence-corrected chi connectivity index (χ4v) is 4.77. The van der Waals surface area contributed by atoms with Gasteiger partial charge in [-0.15, -0.1) is 0 Å². The number of phenols is 6. The van der Waals surface area contributed by atoms with E-state index >= 15 is 0 Å². The molecule has 164 valence electrons. The van der Waals surface area contributed by atoms with Gasteiger partial charge in [0.15, 0.2) is 23.0 Å². The topological polar surface area (TPSA) is 126 Å². The van der Waals surface area contributed by atoms with Crippen LogP contribution in [-0.2, 0) is 0 Å². The lowest BCUT2D eigenvalue weighted by molar-refractivity contribution is 0.350. The number of aromatic hydroxyl groups is 6. The van der Waals surface area contributed by atoms with Crippen LogP contribution in [0.1, 0.15) is 0 Å². The molecule has 9 heteroatoms. The van der Waals surface area contributed by atoms with Crippen molar-refractivity contribution in [2.75, 3.05) is 0 Å². The standard InChI is InChI=1S/C24H17BBrNO6/c25-15-16(26)17-13(19(28)21(15)30)14-18(22(31)24(33)23(32)20(14)29)27(17)12-8-4-7-11(9-12)10-5-2-1-3-6-10/h1-9,28-33H,25H2. The highest BCUT2D eigenvalue weighted by Crippen LogP contribution is 2.55. The van der Waals surface area contributed by atoms with Crippen LogP contribution >= 0.6 is 15.9 Å². The fraction of sp³-hybridized carbons (Fsp3) is 0. The predicted molar refractivity (Wildman–Crippen MR) is 132 cm³/mol. The zero-order chi connectivity index (χ0) is 23.6. The molecule has 0 fully saturated rings. The second-order valence-corrected chi connectivity index (χ2v) is 8.52. The van der Waals surface area contributed by atoms with Gasteiger partial charge >= 0.3 is 0 Å². The van der Waals surface area contributed by atoms with Crippen molar-refractivity contribution in [1.29, 1.82) is 0 Å². The minimum absolute atomic E-state index is 0.00631. The molecule has 0 saturated carbocycles. The first-order chi connectivity index (χ1) is 15.7. The average Bonchev–Trinajstić information content (AvgIpc) is 3.20. The van der Waals surface area contributed by atoms with E-state index in [0.29, 0.717) is 21.1 Å². The molecule has 0 aliphatic carbocycles. The Morgan fingerprint density at radius 2 is 1.18 bits per heavy atom. The molecular weight excluding hydrogens is 489 g/mol. The van der Waals surface area contributed by atoms with Crippen LogP contribution in [0.25, 0.3) is 38.6 Å². The van der Waals surface area contributed by atoms with Gasteiger partial charge in [0.1, 0.15) is 13.4 Å². The number of aromatic nitrogens is 1. The normalized spacial score (nSPS) is 11.4. The van der Waals surface area contributed by atoms with Crippen LogP contribution < -0.4 is 5.46 Å². The molecule has 0 aliphatic heterocycles. The van der Waals surface area contributed by atoms with E-state index in [9.17, 15) is 30.6 Å². The maximum absolute atomic E-state index is 10.8. The van der Waals surface area contributed by atoms with Gasteiger partial charge in [-0.3, -0.25) is 0 Å². The molecule has 1 heterocycles. The van der Waals surface area contributed by atoms with Crippen molar-refractivity contribution in [1.82, 2.24) is 4.57 Å². The van der Waals surface area contributed by atoms with Crippen molar-refractivity contribution in [2.24, 2.45) is 0 Å². The van der Waals surface area contributed by atoms with E-state index in [0.717, 1.165) is 11.1 Å². The summed E-state index contributed by atoms with van der Waals surface area (Å²) in [7, 11) is 1.59. The molecule has 0 spiro atoms. The lowest BCUT2D eigenvalue weighted by Gasteiger charge is -2.14. The Kier molecular flexibility index (Phi) is 4.61. The SMILES string of the molecule is Bc1c(O)c(O)c2c3c(O)c(O)c(O)c(O)c3n(-c3cccc(-c4ccccc4)c3)c2c1Br. The second-order valence-electron chi connectivity index (χ2n) is 7.73. The van der Waals surface area contributed by atoms with Crippen LogP contribution in [0.3, 0.4) is 0 Å². The van der Waals surface area contributed by atoms with Gasteiger partial charge < -0.3 is 35.2 Å². The van der Waals surface area contributed by atoms with Crippen LogP contribution in [0.15, 0.2) is 59.1 Å². The van der Waals surface area contributed by atoms with Gasteiger partial charge in [0, 0.05) is 10.2 Å². The van der Waals surface area contributed by atoms with Gasteiger partial charge in [0.25, 0.3) is 0 Å². The third-order valence-electron chi connectivity index (χ3n) is 5.87. The van der Waals surface area contributed by atoms with Crippen molar-refractivity contribution in [3.8, 4) is 51.3 Å². The summed E-state index contributed by atoms with van der Waals surface area (Å²) in [6.07, 6.45) is 0. The Morgan fingerprint density at radius 3 is 1.88 bits per heavy atom. The highest BCUT2D eigenvalue weighted by Gasteiger charge is 2.30. The Balaban J connectivity index is 2.02. The minimum Gasteiger partial charge on any atom is -0.505 e. The van der Waals surface area contributed by atoms with Crippen molar-refractivity contribution >= 4 is 51.0 Å². The molecule has 0 unspecified atom stereocenters. The first-order valence-corrected chi connectivity index (χ1v) is 10.7. The highest BCUT2D eigenvalue weighted by molar-refractivity contribution is 9.10. The molecular formula is C24H17BBrNO6. The minimum atomic E-state index is -0.937. The van der Waals surface area contributed by atoms with E-state index in [1.807, 2.05) is 48.5 Å². The van der Waals surface area contributed by atoms with Gasteiger partial charge in [0.05, 0.1) is 16.3 Å². The van der Waals surface area contributed by atoms with Crippen LogP contribution in [0, 0.1) is 0 Å². The molecule has 0 bridgehead atoms. The van der Waals surface area contributed by atoms with E-state index in [1.54, 1.807) is 18.5 Å². The molecule has 0 aliphatic rings. The predicted octanol–water partition coefficient (Wildman–Crippen LogP) is 3.71. The van der Waals surface area contributed by atoms with E-state index in [1.165, 1.54) is 0 Å². The maximum atomic E-state index is 10.8. The van der Waals surface area contributed by atoms with Gasteiger partial charge in [-0.05, 0) is 44.7 Å². The van der Waals surface area contributed by atoms with E-state index in [4.69, 9.17) is 0 Å². The van der Waals surface area contributed by atoms with Crippen LogP contribution in [0.5, 0.6) is 34.5 Å². The summed E-state index contributed by atoms with van der Waals surface area (Å²) in [5.74, 6) is -4.22. The van der Waals surface area contributed by atoms with E-state index in [2.05, 4.69) is 15.9 Å². The summed E-state index contributed by atoms with van der Waals surface area (Å²) < 4.78 is 1.94. The van der Waals surface area contributed by atoms with Crippen LogP contribution in [0.2, 0.25) is 0 Å². The number of hydrogen-bond donors (Lipinski definition) is 6. The molecule has 0 saturated heterocycles. The zero-order valence-electron chi connectivity index (χ0n) is 17.2. The molecule has 33 heavy (non-hydrogen) atoms. The molecule has 1 aromatic heterocycles. The summed E-state index contributed by atoms with van der Waals surface area (Å²) in [5, 5.41) is 63.1. The first-order valence-electron chi connectivity index (χ1n) is 9.93. The third kappa shape index (κ3) is 2.82. The van der Waals surface area contributed by atoms with E-state index in [-0.39, 0.29) is 16.3 Å². The number of phenolic OH excluding ortho intramolecular Hbond substituents is 6. The number of halogens is 1. The number of nitrogens with zero attached hydrogens (tertiary/aromatic N) is 1. The molecule has 6 N–H and O–H groups in total. The Labute approximate surface area is 196 Å². The summed E-state index contributed by atoms with van der Waals surface area (Å²) >= 11 is 3.46. The smallest absolute Gasteiger partial charge is 0.206 e. The summed E-state index contributed by atoms with van der Waals surface area (Å²) in [4.78, 5) is 0. The van der Waals surface area contributed by atoms with Gasteiger partial charge in [0.2, 0.25) is 11.5 Å². The third-order valence-corrected chi connectivity index (χ3v) is 6.84. The summed E-state index contributed by atoms with van der Waals surface area (Å²) in [6, 6.07) is 17.0. The molecule has 5 aromatic rings. The lowest BCUT2D eigenvalue weighted by atomic mass is 9.92. The number of fused-ring (bicyclic) bond motifs is 3. The molecule has 5 rings (SSSR count). The van der Waals surface area contributed by atoms with Gasteiger partial charge in [-0.25, -0.2) is 0 Å². The summed E-state index contributed by atoms with van der Waals surface area (Å²) in [5.41, 5.74) is 2.95. The average molecular weight is 506 g/mol. The summed E-state index contributed by atoms with van der Waals surface area (Å²) in [6.45, 7) is 0. The van der Waals surface area contributed by atoms with Crippen LogP contribution in [0.4, 0.5) is 0 Å². The molecule has 4 aromatic carbocycles. The van der Waals surface area contributed by atoms with E-state index < -0.39 is 34.5 Å².